The Bertz CT molecular complexity index is 851. The van der Waals surface area contributed by atoms with E-state index in [1.165, 1.54) is 0 Å². The number of halogens is 1. The number of carbonyl (C=O) groups is 1. The number of H-pyrrole nitrogens is 1. The Morgan fingerprint density at radius 3 is 2.71 bits per heavy atom. The van der Waals surface area contributed by atoms with Gasteiger partial charge in [0.1, 0.15) is 0 Å². The zero-order valence-electron chi connectivity index (χ0n) is 11.8. The number of carbonyl (C=O) groups excluding carboxylic acids is 1. The Morgan fingerprint density at radius 2 is 2.05 bits per heavy atom. The number of aromatic amines is 1. The Balaban J connectivity index is 2.31. The van der Waals surface area contributed by atoms with Crippen LogP contribution in [0, 0.1) is 0 Å². The molecule has 4 nitrogen and oxygen atoms in total. The molecule has 0 saturated heterocycles. The molecule has 3 rings (SSSR count). The van der Waals surface area contributed by atoms with Crippen molar-refractivity contribution < 1.29 is 4.79 Å². The molecule has 0 unspecified atom stereocenters. The summed E-state index contributed by atoms with van der Waals surface area (Å²) >= 11 is 3.55. The maximum atomic E-state index is 11.6. The molecular formula is C16H16BrN3O. The molecule has 0 radical (unpaired) electrons. The van der Waals surface area contributed by atoms with Crippen molar-refractivity contribution in [3.63, 3.8) is 0 Å². The van der Waals surface area contributed by atoms with Crippen LogP contribution in [0.5, 0.6) is 0 Å². The maximum absolute atomic E-state index is 11.6. The Labute approximate surface area is 130 Å². The Hall–Kier alpha value is -2.01. The summed E-state index contributed by atoms with van der Waals surface area (Å²) in [6.07, 6.45) is 0. The van der Waals surface area contributed by atoms with Gasteiger partial charge in [0.15, 0.2) is 0 Å². The van der Waals surface area contributed by atoms with Crippen molar-refractivity contribution in [1.82, 2.24) is 4.98 Å². The van der Waals surface area contributed by atoms with Crippen molar-refractivity contribution in [2.45, 2.75) is 19.9 Å². The highest BCUT2D eigenvalue weighted by molar-refractivity contribution is 9.10. The van der Waals surface area contributed by atoms with Crippen LogP contribution in [0.15, 0.2) is 34.8 Å². The minimum atomic E-state index is -0.431. The minimum absolute atomic E-state index is 0.361. The first-order valence-electron chi connectivity index (χ1n) is 6.77. The van der Waals surface area contributed by atoms with Crippen LogP contribution in [0.3, 0.4) is 0 Å². The number of nitrogens with one attached hydrogen (secondary N) is 2. The predicted molar refractivity (Wildman–Crippen MR) is 90.8 cm³/mol. The van der Waals surface area contributed by atoms with Gasteiger partial charge in [-0.2, -0.15) is 0 Å². The van der Waals surface area contributed by atoms with E-state index in [9.17, 15) is 4.79 Å². The topological polar surface area (TPSA) is 70.9 Å². The van der Waals surface area contributed by atoms with Crippen LogP contribution in [0.4, 0.5) is 5.69 Å². The molecule has 5 heteroatoms. The number of anilines is 1. The molecule has 0 spiro atoms. The number of amides is 1. The standard InChI is InChI=1S/C16H16BrN3O/c1-8(2)19-9-3-4-10-13(7-9)20-15-11(16(18)21)5-6-12(17)14(10)15/h3-8,19-20H,1-2H3,(H2,18,21). The van der Waals surface area contributed by atoms with Crippen LogP contribution in [0.2, 0.25) is 0 Å². The third-order valence-corrected chi connectivity index (χ3v) is 4.08. The summed E-state index contributed by atoms with van der Waals surface area (Å²) < 4.78 is 0.943. The first-order valence-corrected chi connectivity index (χ1v) is 7.57. The van der Waals surface area contributed by atoms with E-state index in [4.69, 9.17) is 5.73 Å². The number of nitrogens with two attached hydrogens (primary N) is 1. The van der Waals surface area contributed by atoms with Crippen LogP contribution in [-0.4, -0.2) is 16.9 Å². The number of hydrogen-bond acceptors (Lipinski definition) is 2. The average Bonchev–Trinajstić information content (AvgIpc) is 2.76. The second-order valence-electron chi connectivity index (χ2n) is 5.39. The van der Waals surface area contributed by atoms with E-state index in [2.05, 4.69) is 46.1 Å². The second-order valence-corrected chi connectivity index (χ2v) is 6.25. The Morgan fingerprint density at radius 1 is 1.29 bits per heavy atom. The first kappa shape index (κ1) is 13.9. The van der Waals surface area contributed by atoms with Gasteiger partial charge in [-0.3, -0.25) is 4.79 Å². The van der Waals surface area contributed by atoms with Gasteiger partial charge < -0.3 is 16.0 Å². The molecule has 1 amide bonds. The lowest BCUT2D eigenvalue weighted by molar-refractivity contribution is 0.100. The third kappa shape index (κ3) is 2.38. The van der Waals surface area contributed by atoms with E-state index in [1.807, 2.05) is 18.2 Å². The van der Waals surface area contributed by atoms with Crippen molar-refractivity contribution in [3.8, 4) is 0 Å². The number of rotatable bonds is 3. The van der Waals surface area contributed by atoms with Crippen LogP contribution in [0.25, 0.3) is 21.8 Å². The van der Waals surface area contributed by atoms with E-state index < -0.39 is 5.91 Å². The van der Waals surface area contributed by atoms with E-state index in [0.29, 0.717) is 11.6 Å². The monoisotopic (exact) mass is 345 g/mol. The summed E-state index contributed by atoms with van der Waals surface area (Å²) in [5, 5.41) is 5.42. The molecule has 0 aliphatic heterocycles. The van der Waals surface area contributed by atoms with E-state index in [-0.39, 0.29) is 0 Å². The summed E-state index contributed by atoms with van der Waals surface area (Å²) in [7, 11) is 0. The van der Waals surface area contributed by atoms with Crippen molar-refractivity contribution in [2.24, 2.45) is 5.73 Å². The number of fused-ring (bicyclic) bond motifs is 3. The zero-order valence-corrected chi connectivity index (χ0v) is 13.4. The highest BCUT2D eigenvalue weighted by atomic mass is 79.9. The summed E-state index contributed by atoms with van der Waals surface area (Å²) in [4.78, 5) is 14.9. The summed E-state index contributed by atoms with van der Waals surface area (Å²) in [5.74, 6) is -0.431. The quantitative estimate of drug-likeness (QED) is 0.671. The molecule has 0 bridgehead atoms. The van der Waals surface area contributed by atoms with Gasteiger partial charge in [0, 0.05) is 32.5 Å². The lowest BCUT2D eigenvalue weighted by Crippen LogP contribution is -2.11. The molecule has 0 saturated carbocycles. The van der Waals surface area contributed by atoms with Crippen LogP contribution in [-0.2, 0) is 0 Å². The van der Waals surface area contributed by atoms with Gasteiger partial charge in [-0.1, -0.05) is 22.0 Å². The first-order chi connectivity index (χ1) is 9.97. The molecule has 2 aromatic carbocycles. The molecule has 0 aliphatic carbocycles. The molecule has 0 fully saturated rings. The molecule has 0 atom stereocenters. The lowest BCUT2D eigenvalue weighted by Gasteiger charge is -2.09. The summed E-state index contributed by atoms with van der Waals surface area (Å²) in [6.45, 7) is 4.19. The van der Waals surface area contributed by atoms with Crippen molar-refractivity contribution in [1.29, 1.82) is 0 Å². The smallest absolute Gasteiger partial charge is 0.250 e. The normalized spacial score (nSPS) is 11.4. The molecule has 1 aromatic heterocycles. The fraction of sp³-hybridized carbons (Fsp3) is 0.188. The lowest BCUT2D eigenvalue weighted by atomic mass is 10.1. The Kier molecular flexibility index (Phi) is 3.37. The number of benzene rings is 2. The van der Waals surface area contributed by atoms with E-state index in [0.717, 1.165) is 32.0 Å². The van der Waals surface area contributed by atoms with Crippen LogP contribution in [0.1, 0.15) is 24.2 Å². The van der Waals surface area contributed by atoms with Gasteiger partial charge in [-0.25, -0.2) is 0 Å². The van der Waals surface area contributed by atoms with E-state index in [1.54, 1.807) is 6.07 Å². The molecule has 1 heterocycles. The summed E-state index contributed by atoms with van der Waals surface area (Å²) in [6, 6.07) is 10.1. The molecule has 3 aromatic rings. The minimum Gasteiger partial charge on any atom is -0.383 e. The van der Waals surface area contributed by atoms with Crippen LogP contribution >= 0.6 is 15.9 Å². The van der Waals surface area contributed by atoms with Gasteiger partial charge in [-0.05, 0) is 38.1 Å². The van der Waals surface area contributed by atoms with Crippen LogP contribution < -0.4 is 11.1 Å². The van der Waals surface area contributed by atoms with Gasteiger partial charge >= 0.3 is 0 Å². The molecular weight excluding hydrogens is 330 g/mol. The van der Waals surface area contributed by atoms with Gasteiger partial charge in [-0.15, -0.1) is 0 Å². The fourth-order valence-electron chi connectivity index (χ4n) is 2.60. The number of primary amides is 1. The van der Waals surface area contributed by atoms with E-state index >= 15 is 0 Å². The largest absolute Gasteiger partial charge is 0.383 e. The van der Waals surface area contributed by atoms with Gasteiger partial charge in [0.2, 0.25) is 0 Å². The molecule has 0 aliphatic rings. The predicted octanol–water partition coefficient (Wildman–Crippen LogP) is 4.00. The average molecular weight is 346 g/mol. The van der Waals surface area contributed by atoms with Crippen molar-refractivity contribution in [2.75, 3.05) is 5.32 Å². The SMILES string of the molecule is CC(C)Nc1ccc2c(c1)[nH]c1c(C(N)=O)ccc(Br)c12. The second kappa shape index (κ2) is 5.07. The van der Waals surface area contributed by atoms with Crippen molar-refractivity contribution >= 4 is 49.3 Å². The zero-order chi connectivity index (χ0) is 15.1. The summed E-state index contributed by atoms with van der Waals surface area (Å²) in [5.41, 5.74) is 8.75. The van der Waals surface area contributed by atoms with Gasteiger partial charge in [0.25, 0.3) is 5.91 Å². The highest BCUT2D eigenvalue weighted by Crippen LogP contribution is 2.34. The maximum Gasteiger partial charge on any atom is 0.250 e. The number of hydrogen-bond donors (Lipinski definition) is 3. The molecule has 108 valence electrons. The molecule has 21 heavy (non-hydrogen) atoms. The van der Waals surface area contributed by atoms with Crippen molar-refractivity contribution in [3.05, 3.63) is 40.4 Å². The fourth-order valence-corrected chi connectivity index (χ4v) is 3.14. The van der Waals surface area contributed by atoms with Gasteiger partial charge in [0.05, 0.1) is 11.1 Å². The highest BCUT2D eigenvalue weighted by Gasteiger charge is 2.14. The third-order valence-electron chi connectivity index (χ3n) is 3.42. The number of aromatic nitrogens is 1. The molecule has 4 N–H and O–H groups in total.